The molecule has 0 bridgehead atoms. The van der Waals surface area contributed by atoms with Crippen LogP contribution in [0.25, 0.3) is 0 Å². The molecule has 0 aromatic heterocycles. The topological polar surface area (TPSA) is 71.1 Å². The molecule has 2 aliphatic rings. The molecule has 0 N–H and O–H groups in total. The van der Waals surface area contributed by atoms with Gasteiger partial charge in [0.25, 0.3) is 5.78 Å². The van der Waals surface area contributed by atoms with Gasteiger partial charge >= 0.3 is 5.97 Å². The molecule has 3 rings (SSSR count). The summed E-state index contributed by atoms with van der Waals surface area (Å²) in [5.41, 5.74) is 1.07. The molecule has 0 radical (unpaired) electrons. The Labute approximate surface area is 121 Å². The minimum atomic E-state index is -0.802. The van der Waals surface area contributed by atoms with Crippen LogP contribution >= 0.6 is 0 Å². The van der Waals surface area contributed by atoms with Crippen LogP contribution in [-0.4, -0.2) is 37.9 Å². The molecule has 1 fully saturated rings. The lowest BCUT2D eigenvalue weighted by atomic mass is 9.98. The number of hydrogen-bond donors (Lipinski definition) is 0. The van der Waals surface area contributed by atoms with E-state index in [0.717, 1.165) is 23.5 Å². The second-order valence-electron chi connectivity index (χ2n) is 5.08. The number of fused-ring (bicyclic) bond motifs is 1. The first-order valence-electron chi connectivity index (χ1n) is 6.83. The number of ketones is 1. The highest BCUT2D eigenvalue weighted by Crippen LogP contribution is 2.33. The minimum Gasteiger partial charge on any atom is -0.456 e. The van der Waals surface area contributed by atoms with E-state index >= 15 is 0 Å². The predicted octanol–water partition coefficient (Wildman–Crippen LogP) is 1.25. The Bertz CT molecular complexity index is 567. The number of aryl methyl sites for hydroxylation is 1. The van der Waals surface area contributed by atoms with Gasteiger partial charge in [0.2, 0.25) is 6.79 Å². The number of ether oxygens (including phenoxy) is 4. The zero-order valence-electron chi connectivity index (χ0n) is 11.7. The molecule has 2 atom stereocenters. The van der Waals surface area contributed by atoms with Crippen LogP contribution < -0.4 is 9.47 Å². The van der Waals surface area contributed by atoms with Crippen molar-refractivity contribution in [1.82, 2.24) is 0 Å². The Morgan fingerprint density at radius 2 is 2.05 bits per heavy atom. The fourth-order valence-corrected chi connectivity index (χ4v) is 2.54. The maximum Gasteiger partial charge on any atom is 0.377 e. The molecular formula is C15H16O6. The molecule has 6 nitrogen and oxygen atoms in total. The summed E-state index contributed by atoms with van der Waals surface area (Å²) >= 11 is 0. The molecule has 0 saturated carbocycles. The summed E-state index contributed by atoms with van der Waals surface area (Å²) in [6.45, 7) is 0.247. The third kappa shape index (κ3) is 2.85. The summed E-state index contributed by atoms with van der Waals surface area (Å²) in [6.07, 6.45) is 0.780. The Balaban J connectivity index is 1.60. The van der Waals surface area contributed by atoms with E-state index in [1.54, 1.807) is 0 Å². The highest BCUT2D eigenvalue weighted by atomic mass is 16.7. The van der Waals surface area contributed by atoms with Gasteiger partial charge in [-0.05, 0) is 30.5 Å². The predicted molar refractivity (Wildman–Crippen MR) is 71.2 cm³/mol. The van der Waals surface area contributed by atoms with Crippen LogP contribution in [-0.2, 0) is 25.5 Å². The third-order valence-corrected chi connectivity index (χ3v) is 3.72. The maximum atomic E-state index is 11.5. The van der Waals surface area contributed by atoms with E-state index in [0.29, 0.717) is 12.8 Å². The number of hydrogen-bond acceptors (Lipinski definition) is 6. The molecular weight excluding hydrogens is 276 g/mol. The van der Waals surface area contributed by atoms with Gasteiger partial charge < -0.3 is 18.9 Å². The Morgan fingerprint density at radius 3 is 2.86 bits per heavy atom. The highest BCUT2D eigenvalue weighted by molar-refractivity contribution is 6.35. The van der Waals surface area contributed by atoms with Gasteiger partial charge in [-0.1, -0.05) is 6.07 Å². The molecule has 1 saturated heterocycles. The van der Waals surface area contributed by atoms with Crippen molar-refractivity contribution in [2.24, 2.45) is 0 Å². The van der Waals surface area contributed by atoms with Crippen molar-refractivity contribution in [2.45, 2.75) is 31.5 Å². The molecule has 1 aromatic rings. The number of esters is 1. The van der Waals surface area contributed by atoms with Crippen molar-refractivity contribution < 1.29 is 28.5 Å². The molecule has 2 unspecified atom stereocenters. The van der Waals surface area contributed by atoms with E-state index in [4.69, 9.17) is 18.9 Å². The minimum absolute atomic E-state index is 0.247. The van der Waals surface area contributed by atoms with Gasteiger partial charge in [-0.3, -0.25) is 4.79 Å². The Morgan fingerprint density at radius 1 is 1.24 bits per heavy atom. The average molecular weight is 292 g/mol. The van der Waals surface area contributed by atoms with Gasteiger partial charge in [-0.2, -0.15) is 0 Å². The van der Waals surface area contributed by atoms with Gasteiger partial charge in [0.05, 0.1) is 0 Å². The summed E-state index contributed by atoms with van der Waals surface area (Å²) in [5, 5.41) is 0. The van der Waals surface area contributed by atoms with Crippen LogP contribution in [0.2, 0.25) is 0 Å². The van der Waals surface area contributed by atoms with Crippen molar-refractivity contribution in [3.63, 3.8) is 0 Å². The molecule has 2 aliphatic heterocycles. The molecule has 2 heterocycles. The first-order valence-corrected chi connectivity index (χ1v) is 6.83. The van der Waals surface area contributed by atoms with Gasteiger partial charge in [-0.25, -0.2) is 4.79 Å². The SMILES string of the molecule is COC1CC(CCc2ccc3c(c2)OCO3)OC(=O)C1=O. The maximum absolute atomic E-state index is 11.5. The summed E-state index contributed by atoms with van der Waals surface area (Å²) in [7, 11) is 1.43. The van der Waals surface area contributed by atoms with Crippen LogP contribution in [0.3, 0.4) is 0 Å². The number of methoxy groups -OCH3 is 1. The van der Waals surface area contributed by atoms with Gasteiger partial charge in [-0.15, -0.1) is 0 Å². The van der Waals surface area contributed by atoms with Gasteiger partial charge in [0, 0.05) is 13.5 Å². The molecule has 112 valence electrons. The lowest BCUT2D eigenvalue weighted by Crippen LogP contribution is -2.42. The van der Waals surface area contributed by atoms with Gasteiger partial charge in [0.1, 0.15) is 12.2 Å². The number of benzene rings is 1. The second kappa shape index (κ2) is 5.73. The number of rotatable bonds is 4. The number of carbonyl (C=O) groups is 2. The molecule has 6 heteroatoms. The van der Waals surface area contributed by atoms with Gasteiger partial charge in [0.15, 0.2) is 11.5 Å². The summed E-state index contributed by atoms with van der Waals surface area (Å²) in [6, 6.07) is 5.75. The zero-order chi connectivity index (χ0) is 14.8. The van der Waals surface area contributed by atoms with Crippen LogP contribution in [0, 0.1) is 0 Å². The van der Waals surface area contributed by atoms with E-state index in [-0.39, 0.29) is 12.9 Å². The van der Waals surface area contributed by atoms with E-state index in [1.165, 1.54) is 7.11 Å². The first kappa shape index (κ1) is 13.9. The van der Waals surface area contributed by atoms with Crippen LogP contribution in [0.4, 0.5) is 0 Å². The quantitative estimate of drug-likeness (QED) is 0.614. The number of cyclic esters (lactones) is 1. The molecule has 1 aromatic carbocycles. The Kier molecular flexibility index (Phi) is 3.79. The van der Waals surface area contributed by atoms with E-state index < -0.39 is 17.9 Å². The van der Waals surface area contributed by atoms with Crippen molar-refractivity contribution in [2.75, 3.05) is 13.9 Å². The van der Waals surface area contributed by atoms with Crippen LogP contribution in [0.15, 0.2) is 18.2 Å². The monoisotopic (exact) mass is 292 g/mol. The molecule has 0 aliphatic carbocycles. The largest absolute Gasteiger partial charge is 0.456 e. The highest BCUT2D eigenvalue weighted by Gasteiger charge is 2.36. The fraction of sp³-hybridized carbons (Fsp3) is 0.467. The lowest BCUT2D eigenvalue weighted by Gasteiger charge is -2.26. The van der Waals surface area contributed by atoms with Crippen LogP contribution in [0.5, 0.6) is 11.5 Å². The van der Waals surface area contributed by atoms with Crippen LogP contribution in [0.1, 0.15) is 18.4 Å². The molecule has 0 amide bonds. The lowest BCUT2D eigenvalue weighted by molar-refractivity contribution is -0.171. The van der Waals surface area contributed by atoms with E-state index in [9.17, 15) is 9.59 Å². The summed E-state index contributed by atoms with van der Waals surface area (Å²) < 4.78 is 20.7. The smallest absolute Gasteiger partial charge is 0.377 e. The third-order valence-electron chi connectivity index (χ3n) is 3.72. The van der Waals surface area contributed by atoms with E-state index in [1.807, 2.05) is 18.2 Å². The van der Waals surface area contributed by atoms with E-state index in [2.05, 4.69) is 0 Å². The van der Waals surface area contributed by atoms with Crippen molar-refractivity contribution in [3.8, 4) is 11.5 Å². The van der Waals surface area contributed by atoms with Crippen molar-refractivity contribution in [3.05, 3.63) is 23.8 Å². The standard InChI is InChI=1S/C15H16O6/c1-18-13-7-10(21-15(17)14(13)16)4-2-9-3-5-11-12(6-9)20-8-19-11/h3,5-6,10,13H,2,4,7-8H2,1H3. The zero-order valence-corrected chi connectivity index (χ0v) is 11.7. The molecule has 21 heavy (non-hydrogen) atoms. The number of carbonyl (C=O) groups excluding carboxylic acids is 2. The summed E-state index contributed by atoms with van der Waals surface area (Å²) in [5.74, 6) is 0.0755. The summed E-state index contributed by atoms with van der Waals surface area (Å²) in [4.78, 5) is 22.9. The van der Waals surface area contributed by atoms with Crippen molar-refractivity contribution >= 4 is 11.8 Å². The van der Waals surface area contributed by atoms with Crippen molar-refractivity contribution in [1.29, 1.82) is 0 Å². The number of Topliss-reactive ketones (excluding diaryl/α,β-unsaturated/α-hetero) is 1. The molecule has 0 spiro atoms. The fourth-order valence-electron chi connectivity index (χ4n) is 2.54. The normalized spacial score (nSPS) is 24.0. The second-order valence-corrected chi connectivity index (χ2v) is 5.08. The average Bonchev–Trinajstić information content (AvgIpc) is 2.95. The first-order chi connectivity index (χ1) is 10.2. The Hall–Kier alpha value is -2.08.